The zero-order valence-corrected chi connectivity index (χ0v) is 8.35. The van der Waals surface area contributed by atoms with Gasteiger partial charge in [-0.3, -0.25) is 4.79 Å². The van der Waals surface area contributed by atoms with Crippen molar-refractivity contribution in [3.63, 3.8) is 0 Å². The van der Waals surface area contributed by atoms with Crippen LogP contribution in [-0.2, 0) is 6.54 Å². The number of fused-ring (bicyclic) bond motifs is 1. The first-order chi connectivity index (χ1) is 6.29. The van der Waals surface area contributed by atoms with Gasteiger partial charge < -0.3 is 5.32 Å². The van der Waals surface area contributed by atoms with Gasteiger partial charge >= 0.3 is 0 Å². The molecule has 1 aromatic rings. The van der Waals surface area contributed by atoms with Crippen molar-refractivity contribution in [2.75, 3.05) is 0 Å². The van der Waals surface area contributed by atoms with Crippen molar-refractivity contribution in [1.29, 1.82) is 0 Å². The lowest BCUT2D eigenvalue weighted by atomic mass is 10.0. The summed E-state index contributed by atoms with van der Waals surface area (Å²) in [6, 6.07) is 5.93. The lowest BCUT2D eigenvalue weighted by Crippen LogP contribution is -2.13. The second-order valence-corrected chi connectivity index (χ2v) is 2.79. The van der Waals surface area contributed by atoms with Gasteiger partial charge in [0.15, 0.2) is 0 Å². The SMILES string of the molecule is CC.Cc1cccc2c1C(=O)NC2. The van der Waals surface area contributed by atoms with Gasteiger partial charge in [0.1, 0.15) is 0 Å². The average Bonchev–Trinajstić information content (AvgIpc) is 2.53. The zero-order chi connectivity index (χ0) is 9.84. The van der Waals surface area contributed by atoms with E-state index in [1.54, 1.807) is 0 Å². The van der Waals surface area contributed by atoms with Crippen LogP contribution in [0.2, 0.25) is 0 Å². The summed E-state index contributed by atoms with van der Waals surface area (Å²) in [6.45, 7) is 6.65. The summed E-state index contributed by atoms with van der Waals surface area (Å²) in [5.41, 5.74) is 3.06. The first-order valence-corrected chi connectivity index (χ1v) is 4.66. The van der Waals surface area contributed by atoms with E-state index in [1.165, 1.54) is 0 Å². The van der Waals surface area contributed by atoms with Crippen LogP contribution < -0.4 is 5.32 Å². The van der Waals surface area contributed by atoms with Gasteiger partial charge in [-0.25, -0.2) is 0 Å². The van der Waals surface area contributed by atoms with E-state index in [-0.39, 0.29) is 5.91 Å². The van der Waals surface area contributed by atoms with Gasteiger partial charge in [0.05, 0.1) is 0 Å². The van der Waals surface area contributed by atoms with E-state index in [4.69, 9.17) is 0 Å². The van der Waals surface area contributed by atoms with E-state index >= 15 is 0 Å². The highest BCUT2D eigenvalue weighted by Gasteiger charge is 2.19. The molecule has 70 valence electrons. The minimum absolute atomic E-state index is 0.0677. The third kappa shape index (κ3) is 1.72. The molecule has 2 nitrogen and oxygen atoms in total. The fraction of sp³-hybridized carbons (Fsp3) is 0.364. The van der Waals surface area contributed by atoms with Crippen molar-refractivity contribution < 1.29 is 4.79 Å². The summed E-state index contributed by atoms with van der Waals surface area (Å²) in [4.78, 5) is 11.2. The van der Waals surface area contributed by atoms with Gasteiger partial charge in [-0.1, -0.05) is 32.0 Å². The summed E-state index contributed by atoms with van der Waals surface area (Å²) in [5, 5.41) is 2.79. The molecule has 1 amide bonds. The maximum Gasteiger partial charge on any atom is 0.252 e. The van der Waals surface area contributed by atoms with Crippen LogP contribution in [0.4, 0.5) is 0 Å². The fourth-order valence-corrected chi connectivity index (χ4v) is 1.46. The maximum atomic E-state index is 11.2. The number of amides is 1. The van der Waals surface area contributed by atoms with E-state index in [0.717, 1.165) is 16.7 Å². The lowest BCUT2D eigenvalue weighted by Gasteiger charge is -1.97. The molecule has 1 heterocycles. The second-order valence-electron chi connectivity index (χ2n) is 2.79. The lowest BCUT2D eigenvalue weighted by molar-refractivity contribution is 0.0965. The number of nitrogens with one attached hydrogen (secondary N) is 1. The molecule has 13 heavy (non-hydrogen) atoms. The number of rotatable bonds is 0. The molecule has 0 unspecified atom stereocenters. The van der Waals surface area contributed by atoms with E-state index < -0.39 is 0 Å². The van der Waals surface area contributed by atoms with Gasteiger partial charge in [-0.05, 0) is 18.1 Å². The standard InChI is InChI=1S/C9H9NO.C2H6/c1-6-3-2-4-7-5-10-9(11)8(6)7;1-2/h2-4H,5H2,1H3,(H,10,11);1-2H3. The Balaban J connectivity index is 0.000000396. The van der Waals surface area contributed by atoms with Gasteiger partial charge in [0, 0.05) is 12.1 Å². The molecule has 0 bridgehead atoms. The number of hydrogen-bond donors (Lipinski definition) is 1. The molecule has 1 aromatic carbocycles. The molecule has 0 radical (unpaired) electrons. The summed E-state index contributed by atoms with van der Waals surface area (Å²) < 4.78 is 0. The van der Waals surface area contributed by atoms with Crippen molar-refractivity contribution >= 4 is 5.91 Å². The first kappa shape index (κ1) is 9.78. The molecule has 1 aliphatic heterocycles. The number of carbonyl (C=O) groups is 1. The molecular formula is C11H15NO. The molecule has 0 aromatic heterocycles. The third-order valence-electron chi connectivity index (χ3n) is 2.03. The van der Waals surface area contributed by atoms with Gasteiger partial charge in [0.25, 0.3) is 5.91 Å². The molecule has 1 aliphatic rings. The molecular weight excluding hydrogens is 162 g/mol. The van der Waals surface area contributed by atoms with Crippen LogP contribution in [0.5, 0.6) is 0 Å². The fourth-order valence-electron chi connectivity index (χ4n) is 1.46. The van der Waals surface area contributed by atoms with Crippen molar-refractivity contribution in [2.24, 2.45) is 0 Å². The van der Waals surface area contributed by atoms with E-state index in [1.807, 2.05) is 39.0 Å². The zero-order valence-electron chi connectivity index (χ0n) is 8.35. The summed E-state index contributed by atoms with van der Waals surface area (Å²) in [7, 11) is 0. The minimum Gasteiger partial charge on any atom is -0.348 e. The van der Waals surface area contributed by atoms with Crippen LogP contribution in [0.3, 0.4) is 0 Å². The molecule has 0 spiro atoms. The molecule has 2 rings (SSSR count). The minimum atomic E-state index is 0.0677. The van der Waals surface area contributed by atoms with E-state index in [9.17, 15) is 4.79 Å². The normalized spacial score (nSPS) is 12.7. The monoisotopic (exact) mass is 177 g/mol. The molecule has 2 heteroatoms. The van der Waals surface area contributed by atoms with Crippen LogP contribution in [0.1, 0.15) is 35.3 Å². The summed E-state index contributed by atoms with van der Waals surface area (Å²) >= 11 is 0. The number of benzene rings is 1. The van der Waals surface area contributed by atoms with E-state index in [0.29, 0.717) is 6.54 Å². The highest BCUT2D eigenvalue weighted by molar-refractivity contribution is 5.99. The van der Waals surface area contributed by atoms with Gasteiger partial charge in [-0.2, -0.15) is 0 Å². The van der Waals surface area contributed by atoms with Crippen molar-refractivity contribution in [2.45, 2.75) is 27.3 Å². The van der Waals surface area contributed by atoms with Crippen LogP contribution in [0.15, 0.2) is 18.2 Å². The van der Waals surface area contributed by atoms with Crippen molar-refractivity contribution in [1.82, 2.24) is 5.32 Å². The predicted octanol–water partition coefficient (Wildman–Crippen LogP) is 2.26. The van der Waals surface area contributed by atoms with Crippen LogP contribution in [0, 0.1) is 6.92 Å². The quantitative estimate of drug-likeness (QED) is 0.647. The van der Waals surface area contributed by atoms with Crippen LogP contribution in [0.25, 0.3) is 0 Å². The second kappa shape index (κ2) is 4.08. The summed E-state index contributed by atoms with van der Waals surface area (Å²) in [6.07, 6.45) is 0. The first-order valence-electron chi connectivity index (χ1n) is 4.66. The average molecular weight is 177 g/mol. The maximum absolute atomic E-state index is 11.2. The molecule has 1 N–H and O–H groups in total. The molecule has 0 saturated carbocycles. The smallest absolute Gasteiger partial charge is 0.252 e. The Morgan fingerprint density at radius 2 is 2.00 bits per heavy atom. The van der Waals surface area contributed by atoms with Gasteiger partial charge in [-0.15, -0.1) is 0 Å². The predicted molar refractivity (Wildman–Crippen MR) is 53.7 cm³/mol. The van der Waals surface area contributed by atoms with Crippen molar-refractivity contribution in [3.8, 4) is 0 Å². The summed E-state index contributed by atoms with van der Waals surface area (Å²) in [5.74, 6) is 0.0677. The molecule has 0 fully saturated rings. The molecule has 0 aliphatic carbocycles. The van der Waals surface area contributed by atoms with Crippen molar-refractivity contribution in [3.05, 3.63) is 34.9 Å². The highest BCUT2D eigenvalue weighted by Crippen LogP contribution is 2.18. The number of carbonyl (C=O) groups excluding carboxylic acids is 1. The Labute approximate surface area is 79.0 Å². The van der Waals surface area contributed by atoms with E-state index in [2.05, 4.69) is 5.32 Å². The van der Waals surface area contributed by atoms with Crippen LogP contribution in [-0.4, -0.2) is 5.91 Å². The molecule has 0 saturated heterocycles. The Kier molecular flexibility index (Phi) is 3.07. The Morgan fingerprint density at radius 3 is 2.62 bits per heavy atom. The number of hydrogen-bond acceptors (Lipinski definition) is 1. The molecule has 0 atom stereocenters. The topological polar surface area (TPSA) is 29.1 Å². The van der Waals surface area contributed by atoms with Crippen LogP contribution >= 0.6 is 0 Å². The Morgan fingerprint density at radius 1 is 1.31 bits per heavy atom. The Bertz CT molecular complexity index is 318. The highest BCUT2D eigenvalue weighted by atomic mass is 16.1. The largest absolute Gasteiger partial charge is 0.348 e. The Hall–Kier alpha value is -1.31. The number of aryl methyl sites for hydroxylation is 1. The van der Waals surface area contributed by atoms with Gasteiger partial charge in [0.2, 0.25) is 0 Å². The third-order valence-corrected chi connectivity index (χ3v) is 2.03.